The van der Waals surface area contributed by atoms with Crippen LogP contribution in [0.3, 0.4) is 0 Å². The van der Waals surface area contributed by atoms with E-state index in [-0.39, 0.29) is 34.8 Å². The second kappa shape index (κ2) is 31.0. The van der Waals surface area contributed by atoms with Crippen LogP contribution in [0.15, 0.2) is 22.1 Å². The standard InChI is InChI=1S/C46H62N4O6.C5H12S.C4H10.C3H6.C2H6/c1-27(2)37-33-23-29(5)39(31(7)41(33)35(43(51)45(37)53)25-47-11-9-13-49-15-19-55-20-16-49)40-30(6)24-34-38(28(3)4)46(54)44(52)36(42(34)32(40)8)26-48-12-10-14-50-17-21-56-22-18-50;1-4(2)5(3)6;1-3-4-2;1-2-3-1;1-2/h23-28,51-54H,9-22H2,1-8H3;4-6H,1-3H3;3-4H2,1-2H3;1-3H2;1-2H3/t;5-;;;/m.0.../s1. The summed E-state index contributed by atoms with van der Waals surface area (Å²) in [6.45, 7) is 41.1. The number of unbranched alkanes of at least 4 members (excludes halogenated alkanes) is 1. The molecule has 3 aliphatic rings. The van der Waals surface area contributed by atoms with Crippen LogP contribution in [0.25, 0.3) is 32.7 Å². The summed E-state index contributed by atoms with van der Waals surface area (Å²) in [5.41, 5.74) is 8.52. The van der Waals surface area contributed by atoms with Crippen molar-refractivity contribution in [3.63, 3.8) is 0 Å². The topological polar surface area (TPSA) is 131 Å². The summed E-state index contributed by atoms with van der Waals surface area (Å²) < 4.78 is 11.0. The second-order valence-electron chi connectivity index (χ2n) is 20.3. The van der Waals surface area contributed by atoms with Crippen molar-refractivity contribution in [2.75, 3.05) is 78.8 Å². The number of phenolic OH excluding ortho intramolecular Hbond substituents is 4. The monoisotopic (exact) mass is 1000 g/mol. The highest BCUT2D eigenvalue weighted by atomic mass is 32.1. The van der Waals surface area contributed by atoms with Gasteiger partial charge in [0, 0.05) is 92.3 Å². The number of hydrogen-bond acceptors (Lipinski definition) is 11. The van der Waals surface area contributed by atoms with Gasteiger partial charge in [-0.1, -0.05) is 120 Å². The first-order chi connectivity index (χ1) is 33.9. The van der Waals surface area contributed by atoms with E-state index in [1.807, 2.05) is 41.5 Å². The molecule has 0 radical (unpaired) electrons. The lowest BCUT2D eigenvalue weighted by Gasteiger charge is -2.26. The number of hydrogen-bond donors (Lipinski definition) is 5. The molecule has 11 heteroatoms. The molecule has 10 nitrogen and oxygen atoms in total. The fourth-order valence-corrected chi connectivity index (χ4v) is 9.01. The molecule has 7 rings (SSSR count). The Balaban J connectivity index is 0.000000775. The van der Waals surface area contributed by atoms with Crippen LogP contribution in [0.1, 0.15) is 177 Å². The number of thiol groups is 1. The Morgan fingerprint density at radius 3 is 1.17 bits per heavy atom. The van der Waals surface area contributed by atoms with E-state index >= 15 is 0 Å². The van der Waals surface area contributed by atoms with Crippen molar-refractivity contribution in [3.05, 3.63) is 56.6 Å². The molecule has 2 heterocycles. The van der Waals surface area contributed by atoms with Crippen LogP contribution in [0, 0.1) is 33.6 Å². The summed E-state index contributed by atoms with van der Waals surface area (Å²) >= 11 is 4.19. The number of aryl methyl sites for hydroxylation is 4. The fraction of sp³-hybridized carbons (Fsp3) is 0.633. The Labute approximate surface area is 435 Å². The highest BCUT2D eigenvalue weighted by molar-refractivity contribution is 7.80. The molecule has 398 valence electrons. The maximum Gasteiger partial charge on any atom is 0.167 e. The molecular weight excluding hydrogens is 905 g/mol. The first-order valence-electron chi connectivity index (χ1n) is 27.2. The first-order valence-corrected chi connectivity index (χ1v) is 27.7. The zero-order valence-electron chi connectivity index (χ0n) is 46.9. The minimum atomic E-state index is -0.155. The number of morpholine rings is 2. The van der Waals surface area contributed by atoms with E-state index in [2.05, 4.69) is 96.9 Å². The molecule has 4 aromatic rings. The lowest BCUT2D eigenvalue weighted by molar-refractivity contribution is 0.0377. The average Bonchev–Trinajstić information content (AvgIpc) is 4.24. The molecule has 1 saturated carbocycles. The van der Waals surface area contributed by atoms with Crippen molar-refractivity contribution in [2.45, 2.75) is 166 Å². The molecule has 0 amide bonds. The first kappa shape index (κ1) is 61.4. The van der Waals surface area contributed by atoms with Crippen molar-refractivity contribution >= 4 is 46.6 Å². The molecule has 0 aromatic heterocycles. The molecule has 71 heavy (non-hydrogen) atoms. The van der Waals surface area contributed by atoms with E-state index in [4.69, 9.17) is 19.5 Å². The Hall–Kier alpha value is -3.87. The Morgan fingerprint density at radius 2 is 0.901 bits per heavy atom. The minimum Gasteiger partial charge on any atom is -0.504 e. The van der Waals surface area contributed by atoms with Crippen LogP contribution < -0.4 is 0 Å². The van der Waals surface area contributed by atoms with Crippen LogP contribution in [-0.2, 0) is 9.47 Å². The van der Waals surface area contributed by atoms with Crippen molar-refractivity contribution in [3.8, 4) is 34.1 Å². The summed E-state index contributed by atoms with van der Waals surface area (Å²) in [6.07, 6.45) is 12.4. The highest BCUT2D eigenvalue weighted by Gasteiger charge is 2.28. The predicted octanol–water partition coefficient (Wildman–Crippen LogP) is 14.2. The van der Waals surface area contributed by atoms with Crippen molar-refractivity contribution in [1.82, 2.24) is 9.80 Å². The van der Waals surface area contributed by atoms with Gasteiger partial charge in [-0.3, -0.25) is 19.8 Å². The number of ether oxygens (including phenoxy) is 2. The highest BCUT2D eigenvalue weighted by Crippen LogP contribution is 2.50. The van der Waals surface area contributed by atoms with Crippen molar-refractivity contribution < 1.29 is 29.9 Å². The van der Waals surface area contributed by atoms with Crippen LogP contribution in [0.2, 0.25) is 0 Å². The van der Waals surface area contributed by atoms with E-state index in [1.54, 1.807) is 12.4 Å². The van der Waals surface area contributed by atoms with Crippen LogP contribution in [0.5, 0.6) is 23.0 Å². The Kier molecular flexibility index (Phi) is 26.8. The molecule has 1 aliphatic carbocycles. The zero-order valence-corrected chi connectivity index (χ0v) is 47.8. The molecular formula is C60H96N4O6S. The number of aromatic hydroxyl groups is 4. The molecule has 0 unspecified atom stereocenters. The number of benzene rings is 4. The normalized spacial score (nSPS) is 15.6. The fourth-order valence-electron chi connectivity index (χ4n) is 9.01. The zero-order chi connectivity index (χ0) is 52.9. The van der Waals surface area contributed by atoms with Crippen LogP contribution in [0.4, 0.5) is 0 Å². The summed E-state index contributed by atoms with van der Waals surface area (Å²) in [4.78, 5) is 14.4. The summed E-state index contributed by atoms with van der Waals surface area (Å²) in [7, 11) is 0. The second-order valence-corrected chi connectivity index (χ2v) is 21.1. The van der Waals surface area contributed by atoms with Gasteiger partial charge in [0.25, 0.3) is 0 Å². The molecule has 4 N–H and O–H groups in total. The lowest BCUT2D eigenvalue weighted by atomic mass is 9.80. The average molecular weight is 1000 g/mol. The van der Waals surface area contributed by atoms with E-state index in [0.717, 1.165) is 133 Å². The third-order valence-corrected chi connectivity index (χ3v) is 14.1. The Bertz CT molecular complexity index is 2160. The number of phenols is 4. The summed E-state index contributed by atoms with van der Waals surface area (Å²) in [5, 5.41) is 50.2. The van der Waals surface area contributed by atoms with Gasteiger partial charge in [-0.15, -0.1) is 0 Å². The van der Waals surface area contributed by atoms with Crippen molar-refractivity contribution in [1.29, 1.82) is 0 Å². The molecule has 3 fully saturated rings. The van der Waals surface area contributed by atoms with E-state index in [1.165, 1.54) is 32.1 Å². The van der Waals surface area contributed by atoms with Crippen molar-refractivity contribution in [2.24, 2.45) is 15.9 Å². The molecule has 0 spiro atoms. The van der Waals surface area contributed by atoms with Gasteiger partial charge in [-0.05, 0) is 113 Å². The van der Waals surface area contributed by atoms with Gasteiger partial charge in [0.2, 0.25) is 0 Å². The summed E-state index contributed by atoms with van der Waals surface area (Å²) in [6, 6.07) is 4.27. The van der Waals surface area contributed by atoms with Gasteiger partial charge in [-0.2, -0.15) is 12.6 Å². The number of fused-ring (bicyclic) bond motifs is 2. The van der Waals surface area contributed by atoms with Gasteiger partial charge < -0.3 is 29.9 Å². The predicted molar refractivity (Wildman–Crippen MR) is 308 cm³/mol. The van der Waals surface area contributed by atoms with Gasteiger partial charge >= 0.3 is 0 Å². The number of nitrogens with zero attached hydrogens (tertiary/aromatic N) is 4. The van der Waals surface area contributed by atoms with E-state index in [9.17, 15) is 20.4 Å². The molecule has 0 bridgehead atoms. The SMILES string of the molecule is C1CC1.CC.CC(C)[C@H](C)S.CCCC.Cc1cc2c(C(C)C)c(O)c(O)c(C=NCCCN3CCOCC3)c2c(C)c1-c1c(C)cc2c(C(C)C)c(O)c(O)c(C=NCCCN3CCOCC3)c2c1C. The Morgan fingerprint density at radius 1 is 0.577 bits per heavy atom. The van der Waals surface area contributed by atoms with Crippen LogP contribution >= 0.6 is 12.6 Å². The molecule has 2 aliphatic heterocycles. The maximum atomic E-state index is 11.6. The number of rotatable bonds is 15. The summed E-state index contributed by atoms with van der Waals surface area (Å²) in [5.74, 6) is 0.118. The third kappa shape index (κ3) is 17.1. The van der Waals surface area contributed by atoms with Crippen LogP contribution in [-0.4, -0.2) is 127 Å². The van der Waals surface area contributed by atoms with E-state index in [0.29, 0.717) is 46.5 Å². The quantitative estimate of drug-likeness (QED) is 0.0345. The number of aliphatic imine (C=N–C) groups is 2. The van der Waals surface area contributed by atoms with Gasteiger partial charge in [0.15, 0.2) is 23.0 Å². The third-order valence-electron chi connectivity index (χ3n) is 13.5. The van der Waals surface area contributed by atoms with Gasteiger partial charge in [0.05, 0.1) is 26.4 Å². The van der Waals surface area contributed by atoms with Gasteiger partial charge in [0.1, 0.15) is 0 Å². The largest absolute Gasteiger partial charge is 0.504 e. The molecule has 1 atom stereocenters. The van der Waals surface area contributed by atoms with Gasteiger partial charge in [-0.25, -0.2) is 0 Å². The lowest BCUT2D eigenvalue weighted by Crippen LogP contribution is -2.37. The molecule has 2 saturated heterocycles. The molecule has 4 aromatic carbocycles. The van der Waals surface area contributed by atoms with E-state index < -0.39 is 0 Å². The maximum absolute atomic E-state index is 11.6. The minimum absolute atomic E-state index is 0.0440. The smallest absolute Gasteiger partial charge is 0.167 e.